The highest BCUT2D eigenvalue weighted by Gasteiger charge is 2.30. The Bertz CT molecular complexity index is 1630. The summed E-state index contributed by atoms with van der Waals surface area (Å²) in [7, 11) is -2.31. The zero-order chi connectivity index (χ0) is 22.8. The lowest BCUT2D eigenvalue weighted by Gasteiger charge is -2.23. The minimum absolute atomic E-state index is 0.161. The Morgan fingerprint density at radius 3 is 2.31 bits per heavy atom. The lowest BCUT2D eigenvalue weighted by Crippen LogP contribution is -2.22. The molecule has 32 heavy (non-hydrogen) atoms. The van der Waals surface area contributed by atoms with Crippen molar-refractivity contribution in [3.05, 3.63) is 93.3 Å². The first-order valence-corrected chi connectivity index (χ1v) is 11.6. The van der Waals surface area contributed by atoms with Crippen molar-refractivity contribution in [1.82, 2.24) is 4.57 Å². The molecule has 0 spiro atoms. The van der Waals surface area contributed by atoms with Crippen LogP contribution >= 0.6 is 0 Å². The summed E-state index contributed by atoms with van der Waals surface area (Å²) in [5, 5.41) is 0.567. The van der Waals surface area contributed by atoms with Crippen molar-refractivity contribution in [3.8, 4) is 11.1 Å². The SMILES string of the molecule is Cc1ccc(C)c(S(=O)(=O)Nc2ccc3c4c(cc(=O)n3C)-c3ccccc3C(=O)c24)c1. The van der Waals surface area contributed by atoms with E-state index in [2.05, 4.69) is 4.72 Å². The molecule has 4 aromatic rings. The van der Waals surface area contributed by atoms with Gasteiger partial charge in [0.15, 0.2) is 5.78 Å². The lowest BCUT2D eigenvalue weighted by atomic mass is 9.83. The molecule has 0 unspecified atom stereocenters. The van der Waals surface area contributed by atoms with Crippen LogP contribution < -0.4 is 10.3 Å². The number of hydrogen-bond donors (Lipinski definition) is 1. The third-order valence-electron chi connectivity index (χ3n) is 5.98. The van der Waals surface area contributed by atoms with E-state index in [4.69, 9.17) is 0 Å². The average molecular weight is 445 g/mol. The standard InChI is InChI=1S/C25H20N2O4S/c1-14-8-9-15(2)21(12-14)32(30,31)26-19-10-11-20-23-18(13-22(28)27(20)3)16-6-4-5-7-17(16)25(29)24(19)23/h4-13,26H,1-3H3. The first-order chi connectivity index (χ1) is 15.2. The molecule has 0 aliphatic heterocycles. The van der Waals surface area contributed by atoms with Crippen LogP contribution in [0.5, 0.6) is 0 Å². The highest BCUT2D eigenvalue weighted by Crippen LogP contribution is 2.41. The van der Waals surface area contributed by atoms with Gasteiger partial charge in [-0.05, 0) is 54.3 Å². The molecule has 5 rings (SSSR count). The van der Waals surface area contributed by atoms with Gasteiger partial charge in [-0.15, -0.1) is 0 Å². The van der Waals surface area contributed by atoms with Crippen molar-refractivity contribution in [2.75, 3.05) is 4.72 Å². The Kier molecular flexibility index (Phi) is 4.36. The van der Waals surface area contributed by atoms with Crippen LogP contribution in [-0.4, -0.2) is 18.8 Å². The van der Waals surface area contributed by atoms with Gasteiger partial charge < -0.3 is 4.57 Å². The number of benzene rings is 3. The van der Waals surface area contributed by atoms with Crippen molar-refractivity contribution in [3.63, 3.8) is 0 Å². The first kappa shape index (κ1) is 20.2. The number of aromatic nitrogens is 1. The smallest absolute Gasteiger partial charge is 0.262 e. The van der Waals surface area contributed by atoms with Crippen LogP contribution in [0.2, 0.25) is 0 Å². The molecule has 3 aromatic carbocycles. The molecule has 7 heteroatoms. The Hall–Kier alpha value is -3.71. The molecule has 0 saturated heterocycles. The maximum atomic E-state index is 13.5. The maximum absolute atomic E-state index is 13.5. The summed E-state index contributed by atoms with van der Waals surface area (Å²) in [5.41, 5.74) is 3.97. The first-order valence-electron chi connectivity index (χ1n) is 10.1. The number of sulfonamides is 1. The zero-order valence-corrected chi connectivity index (χ0v) is 18.6. The number of fused-ring (bicyclic) bond motifs is 2. The van der Waals surface area contributed by atoms with Gasteiger partial charge in [-0.3, -0.25) is 14.3 Å². The number of carbonyl (C=O) groups excluding carboxylic acids is 1. The second-order valence-electron chi connectivity index (χ2n) is 8.09. The number of carbonyl (C=O) groups is 1. The van der Waals surface area contributed by atoms with Crippen molar-refractivity contribution < 1.29 is 13.2 Å². The molecule has 0 atom stereocenters. The van der Waals surface area contributed by atoms with Gasteiger partial charge in [-0.25, -0.2) is 8.42 Å². The van der Waals surface area contributed by atoms with Crippen LogP contribution in [0.4, 0.5) is 5.69 Å². The summed E-state index contributed by atoms with van der Waals surface area (Å²) in [6, 6.07) is 17.0. The zero-order valence-electron chi connectivity index (χ0n) is 17.8. The second kappa shape index (κ2) is 6.90. The number of rotatable bonds is 3. The molecule has 1 heterocycles. The summed E-state index contributed by atoms with van der Waals surface area (Å²) in [4.78, 5) is 26.3. The van der Waals surface area contributed by atoms with E-state index in [1.54, 1.807) is 56.4 Å². The minimum atomic E-state index is -3.95. The lowest BCUT2D eigenvalue weighted by molar-refractivity contribution is 0.104. The van der Waals surface area contributed by atoms with Crippen molar-refractivity contribution in [1.29, 1.82) is 0 Å². The highest BCUT2D eigenvalue weighted by molar-refractivity contribution is 7.92. The normalized spacial score (nSPS) is 12.7. The fourth-order valence-corrected chi connectivity index (χ4v) is 5.74. The van der Waals surface area contributed by atoms with Gasteiger partial charge in [0.25, 0.3) is 15.6 Å². The van der Waals surface area contributed by atoms with E-state index in [9.17, 15) is 18.0 Å². The number of anilines is 1. The Balaban J connectivity index is 1.80. The van der Waals surface area contributed by atoms with Gasteiger partial charge in [-0.2, -0.15) is 0 Å². The molecule has 1 aliphatic carbocycles. The number of pyridine rings is 1. The van der Waals surface area contributed by atoms with Crippen molar-refractivity contribution in [2.45, 2.75) is 18.7 Å². The molecule has 1 N–H and O–H groups in total. The number of hydrogen-bond acceptors (Lipinski definition) is 4. The molecule has 1 aromatic heterocycles. The summed E-state index contributed by atoms with van der Waals surface area (Å²) in [5.74, 6) is -0.281. The Morgan fingerprint density at radius 1 is 0.844 bits per heavy atom. The molecule has 160 valence electrons. The van der Waals surface area contributed by atoms with Gasteiger partial charge in [0.1, 0.15) is 0 Å². The largest absolute Gasteiger partial charge is 0.311 e. The van der Waals surface area contributed by atoms with E-state index in [0.717, 1.165) is 5.56 Å². The highest BCUT2D eigenvalue weighted by atomic mass is 32.2. The Morgan fingerprint density at radius 2 is 1.56 bits per heavy atom. The molecule has 0 amide bonds. The third kappa shape index (κ3) is 2.89. The van der Waals surface area contributed by atoms with E-state index in [0.29, 0.717) is 33.2 Å². The number of nitrogens with zero attached hydrogens (tertiary/aromatic N) is 1. The summed E-state index contributed by atoms with van der Waals surface area (Å²) in [6.45, 7) is 3.55. The minimum Gasteiger partial charge on any atom is -0.311 e. The quantitative estimate of drug-likeness (QED) is 0.453. The van der Waals surface area contributed by atoms with Gasteiger partial charge in [0.2, 0.25) is 0 Å². The maximum Gasteiger partial charge on any atom is 0.262 e. The fraction of sp³-hybridized carbons (Fsp3) is 0.120. The predicted octanol–water partition coefficient (Wildman–Crippen LogP) is 4.17. The van der Waals surface area contributed by atoms with E-state index < -0.39 is 10.0 Å². The van der Waals surface area contributed by atoms with Crippen LogP contribution in [0.15, 0.2) is 70.4 Å². The van der Waals surface area contributed by atoms with Gasteiger partial charge in [0, 0.05) is 24.1 Å². The van der Waals surface area contributed by atoms with Crippen LogP contribution in [-0.2, 0) is 17.1 Å². The molecular formula is C25H20N2O4S. The number of nitrogens with one attached hydrogen (secondary N) is 1. The van der Waals surface area contributed by atoms with Crippen LogP contribution in [0.3, 0.4) is 0 Å². The molecule has 0 fully saturated rings. The summed E-state index contributed by atoms with van der Waals surface area (Å²) >= 11 is 0. The van der Waals surface area contributed by atoms with Gasteiger partial charge >= 0.3 is 0 Å². The topological polar surface area (TPSA) is 85.2 Å². The summed E-state index contributed by atoms with van der Waals surface area (Å²) < 4.78 is 30.7. The molecule has 0 saturated carbocycles. The van der Waals surface area contributed by atoms with Crippen LogP contribution in [0.25, 0.3) is 22.0 Å². The molecule has 6 nitrogen and oxygen atoms in total. The fourth-order valence-electron chi connectivity index (χ4n) is 4.34. The monoisotopic (exact) mass is 444 g/mol. The third-order valence-corrected chi connectivity index (χ3v) is 7.49. The molecule has 0 radical (unpaired) electrons. The predicted molar refractivity (Wildman–Crippen MR) is 125 cm³/mol. The van der Waals surface area contributed by atoms with E-state index in [1.165, 1.54) is 10.6 Å². The van der Waals surface area contributed by atoms with E-state index >= 15 is 0 Å². The Labute approximate surface area is 185 Å². The number of ketones is 1. The number of aryl methyl sites for hydroxylation is 3. The van der Waals surface area contributed by atoms with Crippen molar-refractivity contribution in [2.24, 2.45) is 7.05 Å². The molecule has 1 aliphatic rings. The van der Waals surface area contributed by atoms with Gasteiger partial charge in [0.05, 0.1) is 21.7 Å². The van der Waals surface area contributed by atoms with Crippen LogP contribution in [0.1, 0.15) is 27.0 Å². The molecular weight excluding hydrogens is 424 g/mol. The van der Waals surface area contributed by atoms with Crippen LogP contribution in [0, 0.1) is 13.8 Å². The van der Waals surface area contributed by atoms with Gasteiger partial charge in [-0.1, -0.05) is 36.4 Å². The summed E-state index contributed by atoms with van der Waals surface area (Å²) in [6.07, 6.45) is 0. The van der Waals surface area contributed by atoms with Crippen molar-refractivity contribution >= 4 is 32.4 Å². The second-order valence-corrected chi connectivity index (χ2v) is 9.74. The van der Waals surface area contributed by atoms with E-state index in [-0.39, 0.29) is 27.5 Å². The van der Waals surface area contributed by atoms with E-state index in [1.807, 2.05) is 19.1 Å². The average Bonchev–Trinajstić information content (AvgIpc) is 2.76. The molecule has 0 bridgehead atoms.